The standard InChI is InChI=1S/C12H18N4O/c1-4-10-14-11(6-12(17)15-10)16(5-2)8-9(3)7-13/h6,9H,4-5,8H2,1-3H3,(H,14,15,17). The summed E-state index contributed by atoms with van der Waals surface area (Å²) in [6, 6.07) is 3.67. The van der Waals surface area contributed by atoms with Gasteiger partial charge < -0.3 is 9.88 Å². The molecule has 0 aliphatic heterocycles. The summed E-state index contributed by atoms with van der Waals surface area (Å²) in [5, 5.41) is 8.82. The second kappa shape index (κ2) is 6.04. The molecular weight excluding hydrogens is 216 g/mol. The van der Waals surface area contributed by atoms with Crippen LogP contribution in [0.25, 0.3) is 0 Å². The molecule has 0 aliphatic rings. The maximum atomic E-state index is 11.5. The van der Waals surface area contributed by atoms with Crippen molar-refractivity contribution in [1.29, 1.82) is 5.26 Å². The third kappa shape index (κ3) is 3.59. The Morgan fingerprint density at radius 3 is 2.82 bits per heavy atom. The van der Waals surface area contributed by atoms with Gasteiger partial charge in [0.25, 0.3) is 5.56 Å². The average Bonchev–Trinajstić information content (AvgIpc) is 2.34. The van der Waals surface area contributed by atoms with Gasteiger partial charge in [-0.2, -0.15) is 5.26 Å². The minimum Gasteiger partial charge on any atom is -0.355 e. The summed E-state index contributed by atoms with van der Waals surface area (Å²) in [6.07, 6.45) is 0.689. The van der Waals surface area contributed by atoms with Crippen LogP contribution in [-0.2, 0) is 6.42 Å². The molecule has 1 aromatic rings. The number of aromatic nitrogens is 2. The predicted molar refractivity (Wildman–Crippen MR) is 66.9 cm³/mol. The molecule has 1 N–H and O–H groups in total. The van der Waals surface area contributed by atoms with Crippen LogP contribution >= 0.6 is 0 Å². The molecule has 17 heavy (non-hydrogen) atoms. The minimum atomic E-state index is -0.144. The molecule has 0 aliphatic carbocycles. The lowest BCUT2D eigenvalue weighted by Gasteiger charge is -2.23. The van der Waals surface area contributed by atoms with Gasteiger partial charge in [0.1, 0.15) is 11.6 Å². The summed E-state index contributed by atoms with van der Waals surface area (Å²) in [5.74, 6) is 1.24. The number of aromatic amines is 1. The molecular formula is C12H18N4O. The quantitative estimate of drug-likeness (QED) is 0.834. The average molecular weight is 234 g/mol. The first-order valence-electron chi connectivity index (χ1n) is 5.85. The number of rotatable bonds is 5. The second-order valence-corrected chi connectivity index (χ2v) is 3.97. The lowest BCUT2D eigenvalue weighted by molar-refractivity contribution is 0.675. The highest BCUT2D eigenvalue weighted by atomic mass is 16.1. The topological polar surface area (TPSA) is 72.8 Å². The number of nitrogens with zero attached hydrogens (tertiary/aromatic N) is 3. The van der Waals surface area contributed by atoms with Gasteiger partial charge in [-0.15, -0.1) is 0 Å². The monoisotopic (exact) mass is 234 g/mol. The van der Waals surface area contributed by atoms with Gasteiger partial charge in [0.2, 0.25) is 0 Å². The van der Waals surface area contributed by atoms with Gasteiger partial charge in [-0.25, -0.2) is 4.98 Å². The van der Waals surface area contributed by atoms with Crippen molar-refractivity contribution in [2.75, 3.05) is 18.0 Å². The number of aryl methyl sites for hydroxylation is 1. The minimum absolute atomic E-state index is 0.0823. The Bertz CT molecular complexity index is 460. The van der Waals surface area contributed by atoms with Gasteiger partial charge in [0.05, 0.1) is 12.0 Å². The van der Waals surface area contributed by atoms with Crippen molar-refractivity contribution in [3.05, 3.63) is 22.2 Å². The van der Waals surface area contributed by atoms with Crippen LogP contribution in [0.5, 0.6) is 0 Å². The zero-order valence-corrected chi connectivity index (χ0v) is 10.5. The van der Waals surface area contributed by atoms with E-state index in [1.807, 2.05) is 25.7 Å². The van der Waals surface area contributed by atoms with Crippen LogP contribution < -0.4 is 10.5 Å². The number of H-pyrrole nitrogens is 1. The molecule has 0 radical (unpaired) electrons. The van der Waals surface area contributed by atoms with E-state index in [1.54, 1.807) is 0 Å². The van der Waals surface area contributed by atoms with Crippen molar-refractivity contribution >= 4 is 5.82 Å². The van der Waals surface area contributed by atoms with Crippen molar-refractivity contribution < 1.29 is 0 Å². The number of hydrogen-bond donors (Lipinski definition) is 1. The van der Waals surface area contributed by atoms with E-state index in [-0.39, 0.29) is 11.5 Å². The smallest absolute Gasteiger partial charge is 0.252 e. The van der Waals surface area contributed by atoms with Gasteiger partial charge in [0.15, 0.2) is 0 Å². The Morgan fingerprint density at radius 2 is 2.29 bits per heavy atom. The third-order valence-electron chi connectivity index (χ3n) is 2.53. The zero-order valence-electron chi connectivity index (χ0n) is 10.5. The first-order valence-corrected chi connectivity index (χ1v) is 5.85. The van der Waals surface area contributed by atoms with Crippen molar-refractivity contribution in [2.45, 2.75) is 27.2 Å². The van der Waals surface area contributed by atoms with Gasteiger partial charge in [-0.1, -0.05) is 6.92 Å². The maximum absolute atomic E-state index is 11.5. The summed E-state index contributed by atoms with van der Waals surface area (Å²) in [5.41, 5.74) is -0.144. The summed E-state index contributed by atoms with van der Waals surface area (Å²) in [6.45, 7) is 7.10. The van der Waals surface area contributed by atoms with Crippen molar-refractivity contribution in [2.24, 2.45) is 5.92 Å². The lowest BCUT2D eigenvalue weighted by Crippen LogP contribution is -2.30. The highest BCUT2D eigenvalue weighted by Crippen LogP contribution is 2.10. The number of nitriles is 1. The van der Waals surface area contributed by atoms with Crippen LogP contribution in [0.3, 0.4) is 0 Å². The van der Waals surface area contributed by atoms with E-state index in [2.05, 4.69) is 16.0 Å². The van der Waals surface area contributed by atoms with Crippen LogP contribution in [0.1, 0.15) is 26.6 Å². The molecule has 5 heteroatoms. The molecule has 0 amide bonds. The second-order valence-electron chi connectivity index (χ2n) is 3.97. The molecule has 0 bridgehead atoms. The van der Waals surface area contributed by atoms with Gasteiger partial charge in [0, 0.05) is 25.6 Å². The molecule has 0 fully saturated rings. The van der Waals surface area contributed by atoms with Gasteiger partial charge in [-0.05, 0) is 13.8 Å². The summed E-state index contributed by atoms with van der Waals surface area (Å²) >= 11 is 0. The molecule has 1 rings (SSSR count). The van der Waals surface area contributed by atoms with Crippen LogP contribution in [0.2, 0.25) is 0 Å². The number of hydrogen-bond acceptors (Lipinski definition) is 4. The fourth-order valence-electron chi connectivity index (χ4n) is 1.58. The molecule has 0 spiro atoms. The maximum Gasteiger partial charge on any atom is 0.252 e. The number of anilines is 1. The summed E-state index contributed by atoms with van der Waals surface area (Å²) in [7, 11) is 0. The van der Waals surface area contributed by atoms with E-state index in [9.17, 15) is 4.79 Å². The van der Waals surface area contributed by atoms with Crippen molar-refractivity contribution in [3.8, 4) is 6.07 Å². The first kappa shape index (κ1) is 13.2. The zero-order chi connectivity index (χ0) is 12.8. The SMILES string of the molecule is CCc1nc(N(CC)CC(C)C#N)cc(=O)[nH]1. The van der Waals surface area contributed by atoms with Crippen LogP contribution in [-0.4, -0.2) is 23.1 Å². The molecule has 5 nitrogen and oxygen atoms in total. The van der Waals surface area contributed by atoms with E-state index < -0.39 is 0 Å². The van der Waals surface area contributed by atoms with Gasteiger partial charge in [-0.3, -0.25) is 4.79 Å². The Kier molecular flexibility index (Phi) is 4.70. The van der Waals surface area contributed by atoms with Crippen LogP contribution in [0, 0.1) is 17.2 Å². The fourth-order valence-corrected chi connectivity index (χ4v) is 1.58. The Labute approximate surface area is 101 Å². The first-order chi connectivity index (χ1) is 8.10. The van der Waals surface area contributed by atoms with E-state index in [0.29, 0.717) is 24.6 Å². The molecule has 1 atom stereocenters. The fraction of sp³-hybridized carbons (Fsp3) is 0.583. The predicted octanol–water partition coefficient (Wildman–Crippen LogP) is 1.32. The van der Waals surface area contributed by atoms with E-state index >= 15 is 0 Å². The number of nitrogens with one attached hydrogen (secondary N) is 1. The molecule has 1 aromatic heterocycles. The van der Waals surface area contributed by atoms with Crippen molar-refractivity contribution in [3.63, 3.8) is 0 Å². The molecule has 0 saturated carbocycles. The molecule has 1 unspecified atom stereocenters. The van der Waals surface area contributed by atoms with Crippen LogP contribution in [0.4, 0.5) is 5.82 Å². The summed E-state index contributed by atoms with van der Waals surface area (Å²) in [4.78, 5) is 20.5. The van der Waals surface area contributed by atoms with E-state index in [1.165, 1.54) is 6.07 Å². The molecule has 0 saturated heterocycles. The molecule has 92 valence electrons. The largest absolute Gasteiger partial charge is 0.355 e. The van der Waals surface area contributed by atoms with Crippen molar-refractivity contribution in [1.82, 2.24) is 9.97 Å². The normalized spacial score (nSPS) is 11.9. The Morgan fingerprint density at radius 1 is 1.59 bits per heavy atom. The van der Waals surface area contributed by atoms with E-state index in [4.69, 9.17) is 5.26 Å². The Balaban J connectivity index is 2.99. The Hall–Kier alpha value is -1.83. The van der Waals surface area contributed by atoms with E-state index in [0.717, 1.165) is 6.54 Å². The highest BCUT2D eigenvalue weighted by molar-refractivity contribution is 5.37. The lowest BCUT2D eigenvalue weighted by atomic mass is 10.2. The molecule has 0 aromatic carbocycles. The summed E-state index contributed by atoms with van der Waals surface area (Å²) < 4.78 is 0. The highest BCUT2D eigenvalue weighted by Gasteiger charge is 2.11. The van der Waals surface area contributed by atoms with Crippen LogP contribution in [0.15, 0.2) is 10.9 Å². The third-order valence-corrected chi connectivity index (χ3v) is 2.53. The molecule has 1 heterocycles. The van der Waals surface area contributed by atoms with Gasteiger partial charge >= 0.3 is 0 Å².